The van der Waals surface area contributed by atoms with Gasteiger partial charge in [-0.2, -0.15) is 5.01 Å². The van der Waals surface area contributed by atoms with Crippen LogP contribution in [-0.4, -0.2) is 64.1 Å². The van der Waals surface area contributed by atoms with E-state index >= 15 is 4.79 Å². The van der Waals surface area contributed by atoms with Crippen molar-refractivity contribution in [2.45, 2.75) is 18.3 Å². The van der Waals surface area contributed by atoms with Crippen LogP contribution in [-0.2, 0) is 24.6 Å². The molecule has 0 bridgehead atoms. The van der Waals surface area contributed by atoms with Crippen LogP contribution in [0.25, 0.3) is 6.08 Å². The monoisotopic (exact) mass is 807 g/mol. The van der Waals surface area contributed by atoms with Crippen LogP contribution in [0.1, 0.15) is 34.3 Å². The van der Waals surface area contributed by atoms with Crippen molar-refractivity contribution in [1.29, 1.82) is 0 Å². The van der Waals surface area contributed by atoms with E-state index in [2.05, 4.69) is 5.43 Å². The Morgan fingerprint density at radius 1 is 0.897 bits per heavy atom. The molecule has 0 spiro atoms. The average molecular weight is 808 g/mol. The number of aromatic carboxylic acids is 1. The fourth-order valence-corrected chi connectivity index (χ4v) is 9.34. The molecule has 4 amide bonds. The standard InChI is InChI=1S/C43H35ClFN3O10/c1-57-34-17-21(18-35(58-2)37(34)50)3-16-31-27-14-15-29-36(40(53)47(38(29)51)26-12-13-28(41(54)55)33(49)19-26)30(27)20-32-39(52)48(46-25-10-8-24(45)9-11-25)42(56)43(31,32)22-4-6-23(44)7-5-22/h3-14,16-19,29-32,36,46,49-50H,15,20H2,1-2H3,(H,54,55)/t29-,30+,31-,32-,36-,43-/m0/s1. The number of fused-ring (bicyclic) bond motifs is 4. The van der Waals surface area contributed by atoms with Crippen LogP contribution in [0.15, 0.2) is 96.6 Å². The molecule has 4 aromatic rings. The van der Waals surface area contributed by atoms with E-state index < -0.39 is 81.7 Å². The highest BCUT2D eigenvalue weighted by atomic mass is 35.5. The van der Waals surface area contributed by atoms with Gasteiger partial charge < -0.3 is 24.8 Å². The molecule has 0 aromatic heterocycles. The molecule has 58 heavy (non-hydrogen) atoms. The van der Waals surface area contributed by atoms with Gasteiger partial charge in [-0.15, -0.1) is 0 Å². The molecule has 1 saturated carbocycles. The van der Waals surface area contributed by atoms with Gasteiger partial charge in [0.1, 0.15) is 17.1 Å². The van der Waals surface area contributed by atoms with E-state index in [1.54, 1.807) is 48.6 Å². The maximum Gasteiger partial charge on any atom is 0.339 e. The smallest absolute Gasteiger partial charge is 0.339 e. The summed E-state index contributed by atoms with van der Waals surface area (Å²) in [4.78, 5) is 71.2. The largest absolute Gasteiger partial charge is 0.507 e. The van der Waals surface area contributed by atoms with Crippen molar-refractivity contribution >= 4 is 58.6 Å². The van der Waals surface area contributed by atoms with Crippen LogP contribution in [0.3, 0.4) is 0 Å². The number of phenolic OH excluding ortho intramolecular Hbond substituents is 1. The lowest BCUT2D eigenvalue weighted by atomic mass is 9.50. The van der Waals surface area contributed by atoms with Gasteiger partial charge in [-0.3, -0.25) is 24.6 Å². The molecule has 13 nitrogen and oxygen atoms in total. The number of rotatable bonds is 9. The van der Waals surface area contributed by atoms with Crippen LogP contribution in [0.5, 0.6) is 23.0 Å². The summed E-state index contributed by atoms with van der Waals surface area (Å²) in [6, 6.07) is 18.3. The highest BCUT2D eigenvalue weighted by Gasteiger charge is 2.69. The molecule has 15 heteroatoms. The van der Waals surface area contributed by atoms with Crippen molar-refractivity contribution in [3.63, 3.8) is 0 Å². The Morgan fingerprint density at radius 2 is 1.57 bits per heavy atom. The number of nitrogens with one attached hydrogen (secondary N) is 1. The number of carbonyl (C=O) groups is 5. The van der Waals surface area contributed by atoms with Crippen LogP contribution in [0.2, 0.25) is 5.02 Å². The summed E-state index contributed by atoms with van der Waals surface area (Å²) < 4.78 is 24.7. The van der Waals surface area contributed by atoms with Crippen LogP contribution in [0.4, 0.5) is 15.8 Å². The quantitative estimate of drug-likeness (QED) is 0.109. The minimum Gasteiger partial charge on any atom is -0.507 e. The average Bonchev–Trinajstić information content (AvgIpc) is 3.59. The molecule has 296 valence electrons. The molecule has 2 aliphatic carbocycles. The van der Waals surface area contributed by atoms with Gasteiger partial charge in [0.05, 0.1) is 48.8 Å². The summed E-state index contributed by atoms with van der Waals surface area (Å²) in [7, 11) is 2.77. The van der Waals surface area contributed by atoms with Crippen molar-refractivity contribution in [3.05, 3.63) is 124 Å². The molecule has 4 aliphatic rings. The molecular formula is C43H35ClFN3O10. The number of ether oxygens (including phenoxy) is 2. The van der Waals surface area contributed by atoms with E-state index in [4.69, 9.17) is 21.1 Å². The topological polar surface area (TPSA) is 183 Å². The van der Waals surface area contributed by atoms with Crippen molar-refractivity contribution in [2.75, 3.05) is 24.5 Å². The van der Waals surface area contributed by atoms with Gasteiger partial charge in [0.15, 0.2) is 11.5 Å². The van der Waals surface area contributed by atoms with Gasteiger partial charge in [0.2, 0.25) is 17.6 Å². The van der Waals surface area contributed by atoms with E-state index in [9.17, 15) is 38.9 Å². The maximum absolute atomic E-state index is 15.3. The zero-order valence-corrected chi connectivity index (χ0v) is 31.6. The van der Waals surface area contributed by atoms with Crippen molar-refractivity contribution in [3.8, 4) is 23.0 Å². The molecule has 2 aliphatic heterocycles. The van der Waals surface area contributed by atoms with E-state index in [1.165, 1.54) is 44.6 Å². The lowest BCUT2D eigenvalue weighted by Crippen LogP contribution is -2.54. The first kappa shape index (κ1) is 38.2. The number of nitrogens with zero attached hydrogens (tertiary/aromatic N) is 2. The molecule has 2 heterocycles. The number of halogens is 2. The van der Waals surface area contributed by atoms with Crippen molar-refractivity contribution in [1.82, 2.24) is 5.01 Å². The van der Waals surface area contributed by atoms with Gasteiger partial charge >= 0.3 is 5.97 Å². The molecule has 0 radical (unpaired) electrons. The summed E-state index contributed by atoms with van der Waals surface area (Å²) in [5, 5.41) is 31.9. The molecule has 4 aromatic carbocycles. The Bertz CT molecular complexity index is 2450. The van der Waals surface area contributed by atoms with Gasteiger partial charge in [-0.1, -0.05) is 47.5 Å². The highest BCUT2D eigenvalue weighted by Crippen LogP contribution is 2.62. The first-order chi connectivity index (χ1) is 27.8. The summed E-state index contributed by atoms with van der Waals surface area (Å²) in [5.41, 5.74) is 2.73. The minimum absolute atomic E-state index is 0.00626. The molecular weight excluding hydrogens is 773 g/mol. The van der Waals surface area contributed by atoms with Crippen molar-refractivity contribution < 1.29 is 53.2 Å². The normalized spacial score (nSPS) is 25.0. The van der Waals surface area contributed by atoms with Crippen LogP contribution in [0, 0.1) is 35.4 Å². The Hall–Kier alpha value is -6.67. The number of amides is 4. The van der Waals surface area contributed by atoms with Crippen molar-refractivity contribution in [2.24, 2.45) is 29.6 Å². The fraction of sp³-hybridized carbons (Fsp3) is 0.233. The van der Waals surface area contributed by atoms with E-state index in [0.29, 0.717) is 21.7 Å². The lowest BCUT2D eigenvalue weighted by molar-refractivity contribution is -0.139. The second-order valence-electron chi connectivity index (χ2n) is 14.6. The number of carboxylic acid groups (broad SMARTS) is 1. The zero-order chi connectivity index (χ0) is 41.2. The third-order valence-electron chi connectivity index (χ3n) is 11.8. The Kier molecular flexibility index (Phi) is 9.47. The number of hydrogen-bond donors (Lipinski definition) is 4. The number of phenols is 2. The molecule has 0 unspecified atom stereocenters. The third-order valence-corrected chi connectivity index (χ3v) is 12.0. The Morgan fingerprint density at radius 3 is 2.19 bits per heavy atom. The number of anilines is 2. The number of carboxylic acids is 1. The fourth-order valence-electron chi connectivity index (χ4n) is 9.21. The number of aromatic hydroxyl groups is 2. The molecule has 2 saturated heterocycles. The van der Waals surface area contributed by atoms with E-state index in [0.717, 1.165) is 22.0 Å². The number of carbonyl (C=O) groups excluding carboxylic acids is 4. The maximum atomic E-state index is 15.3. The van der Waals surface area contributed by atoms with Crippen LogP contribution < -0.4 is 19.8 Å². The summed E-state index contributed by atoms with van der Waals surface area (Å²) in [6.45, 7) is 0. The third kappa shape index (κ3) is 5.85. The summed E-state index contributed by atoms with van der Waals surface area (Å²) in [6.07, 6.45) is 5.39. The number of benzene rings is 4. The van der Waals surface area contributed by atoms with Gasteiger partial charge in [0, 0.05) is 17.0 Å². The summed E-state index contributed by atoms with van der Waals surface area (Å²) >= 11 is 6.36. The lowest BCUT2D eigenvalue weighted by Gasteiger charge is -2.49. The highest BCUT2D eigenvalue weighted by molar-refractivity contribution is 6.30. The predicted octanol–water partition coefficient (Wildman–Crippen LogP) is 6.34. The SMILES string of the molecule is COc1cc(C=C[C@H]2C3=CC[C@@H]4C(=O)N(c5ccc(C(=O)O)c(O)c5)C(=O)[C@@H]4[C@@H]3C[C@H]3C(=O)N(Nc4ccc(F)cc4)C(=O)[C@@]23c2ccc(Cl)cc2)cc(OC)c1O. The van der Waals surface area contributed by atoms with Gasteiger partial charge in [0.25, 0.3) is 11.8 Å². The Labute approximate surface area is 335 Å². The predicted molar refractivity (Wildman–Crippen MR) is 208 cm³/mol. The van der Waals surface area contributed by atoms with E-state index in [1.807, 2.05) is 6.08 Å². The van der Waals surface area contributed by atoms with Crippen LogP contribution >= 0.6 is 11.6 Å². The molecule has 8 rings (SSSR count). The first-order valence-corrected chi connectivity index (χ1v) is 18.6. The Balaban J connectivity index is 1.30. The number of allylic oxidation sites excluding steroid dienone is 3. The first-order valence-electron chi connectivity index (χ1n) is 18.2. The number of methoxy groups -OCH3 is 2. The second kappa shape index (κ2) is 14.4. The van der Waals surface area contributed by atoms with Gasteiger partial charge in [-0.25, -0.2) is 14.1 Å². The minimum atomic E-state index is -1.63. The number of imide groups is 2. The zero-order valence-electron chi connectivity index (χ0n) is 30.9. The van der Waals surface area contributed by atoms with Gasteiger partial charge in [-0.05, 0) is 90.6 Å². The molecule has 4 N–H and O–H groups in total. The number of hydrazine groups is 1. The second-order valence-corrected chi connectivity index (χ2v) is 15.0. The number of hydrogen-bond acceptors (Lipinski definition) is 10. The molecule has 3 fully saturated rings. The summed E-state index contributed by atoms with van der Waals surface area (Å²) in [5.74, 6) is -9.51. The molecule has 6 atom stereocenters. The van der Waals surface area contributed by atoms with E-state index in [-0.39, 0.29) is 41.5 Å².